The molecule has 0 bridgehead atoms. The average Bonchev–Trinajstić information content (AvgIpc) is 3.02. The number of carbonyl (C=O) groups excluding carboxylic acids is 1. The van der Waals surface area contributed by atoms with Crippen LogP contribution in [-0.2, 0) is 11.2 Å². The molecular formula is C20H20N4O3S. The van der Waals surface area contributed by atoms with Crippen LogP contribution in [0.2, 0.25) is 0 Å². The summed E-state index contributed by atoms with van der Waals surface area (Å²) in [5.74, 6) is -0.00523. The molecule has 0 unspecified atom stereocenters. The highest BCUT2D eigenvalue weighted by Gasteiger charge is 2.13. The highest BCUT2D eigenvalue weighted by molar-refractivity contribution is 7.99. The van der Waals surface area contributed by atoms with Gasteiger partial charge in [0.1, 0.15) is 0 Å². The number of non-ortho nitro benzene ring substituents is 1. The molecule has 0 radical (unpaired) electrons. The lowest BCUT2D eigenvalue weighted by molar-refractivity contribution is -0.384. The number of carbonyl (C=O) groups is 1. The molecule has 3 aromatic rings. The fourth-order valence-corrected chi connectivity index (χ4v) is 3.46. The van der Waals surface area contributed by atoms with Crippen molar-refractivity contribution in [1.82, 2.24) is 9.97 Å². The van der Waals surface area contributed by atoms with E-state index in [1.54, 1.807) is 13.0 Å². The zero-order chi connectivity index (χ0) is 20.1. The number of aromatic amines is 1. The number of imidazole rings is 1. The number of nitro benzene ring substituents is 1. The van der Waals surface area contributed by atoms with Gasteiger partial charge in [0.15, 0.2) is 5.16 Å². The predicted octanol–water partition coefficient (Wildman–Crippen LogP) is 4.26. The molecule has 144 valence electrons. The van der Waals surface area contributed by atoms with Crippen LogP contribution in [0.3, 0.4) is 0 Å². The number of aryl methyl sites for hydroxylation is 2. The number of thioether (sulfide) groups is 1. The number of nitro groups is 1. The third kappa shape index (κ3) is 4.98. The summed E-state index contributed by atoms with van der Waals surface area (Å²) in [6, 6.07) is 14.4. The maximum Gasteiger partial charge on any atom is 0.269 e. The van der Waals surface area contributed by atoms with Crippen molar-refractivity contribution in [2.45, 2.75) is 25.4 Å². The molecule has 0 saturated heterocycles. The van der Waals surface area contributed by atoms with Gasteiger partial charge < -0.3 is 10.3 Å². The second-order valence-corrected chi connectivity index (χ2v) is 7.33. The van der Waals surface area contributed by atoms with Crippen molar-refractivity contribution in [3.8, 4) is 0 Å². The number of benzene rings is 2. The molecule has 1 heterocycles. The number of nitrogens with zero attached hydrogens (tertiary/aromatic N) is 2. The average molecular weight is 396 g/mol. The van der Waals surface area contributed by atoms with Gasteiger partial charge in [-0.2, -0.15) is 0 Å². The second kappa shape index (κ2) is 8.71. The van der Waals surface area contributed by atoms with Gasteiger partial charge in [0.25, 0.3) is 5.69 Å². The minimum absolute atomic E-state index is 0.00174. The first-order valence-corrected chi connectivity index (χ1v) is 9.68. The summed E-state index contributed by atoms with van der Waals surface area (Å²) in [6.45, 7) is 3.69. The standard InChI is InChI=1S/C20H20N4O3S/c1-13-10-16(24(26)27)8-9-17(13)22-19(25)12-28-20-21-14(2)18(23-20)11-15-6-4-3-5-7-15/h3-10H,11-12H2,1-2H3,(H,21,23)(H,22,25). The number of nitrogens with one attached hydrogen (secondary N) is 2. The van der Waals surface area contributed by atoms with Crippen molar-refractivity contribution in [1.29, 1.82) is 0 Å². The van der Waals surface area contributed by atoms with Crippen molar-refractivity contribution in [2.75, 3.05) is 11.1 Å². The lowest BCUT2D eigenvalue weighted by atomic mass is 10.1. The summed E-state index contributed by atoms with van der Waals surface area (Å²) in [7, 11) is 0. The highest BCUT2D eigenvalue weighted by Crippen LogP contribution is 2.23. The molecule has 1 aromatic heterocycles. The van der Waals surface area contributed by atoms with Gasteiger partial charge in [0, 0.05) is 29.9 Å². The number of amides is 1. The third-order valence-electron chi connectivity index (χ3n) is 4.21. The number of aromatic nitrogens is 2. The van der Waals surface area contributed by atoms with Crippen LogP contribution in [0.5, 0.6) is 0 Å². The van der Waals surface area contributed by atoms with Crippen LogP contribution in [0, 0.1) is 24.0 Å². The fourth-order valence-electron chi connectivity index (χ4n) is 2.72. The molecule has 0 atom stereocenters. The monoisotopic (exact) mass is 396 g/mol. The summed E-state index contributed by atoms with van der Waals surface area (Å²) < 4.78 is 0. The molecule has 0 saturated carbocycles. The molecule has 0 spiro atoms. The van der Waals surface area contributed by atoms with Crippen LogP contribution in [0.1, 0.15) is 22.5 Å². The number of rotatable bonds is 7. The molecule has 2 N–H and O–H groups in total. The molecule has 0 aliphatic carbocycles. The highest BCUT2D eigenvalue weighted by atomic mass is 32.2. The van der Waals surface area contributed by atoms with Gasteiger partial charge in [0.05, 0.1) is 16.4 Å². The minimum atomic E-state index is -0.458. The zero-order valence-electron chi connectivity index (χ0n) is 15.6. The van der Waals surface area contributed by atoms with Gasteiger partial charge in [-0.1, -0.05) is 42.1 Å². The third-order valence-corrected chi connectivity index (χ3v) is 5.09. The van der Waals surface area contributed by atoms with E-state index in [4.69, 9.17) is 0 Å². The van der Waals surface area contributed by atoms with Gasteiger partial charge in [-0.15, -0.1) is 0 Å². The number of anilines is 1. The van der Waals surface area contributed by atoms with E-state index >= 15 is 0 Å². The van der Waals surface area contributed by atoms with Crippen LogP contribution < -0.4 is 5.32 Å². The maximum atomic E-state index is 12.2. The van der Waals surface area contributed by atoms with E-state index in [-0.39, 0.29) is 17.3 Å². The van der Waals surface area contributed by atoms with Crippen LogP contribution in [0.15, 0.2) is 53.7 Å². The summed E-state index contributed by atoms with van der Waals surface area (Å²) in [4.78, 5) is 30.4. The second-order valence-electron chi connectivity index (χ2n) is 6.37. The number of hydrogen-bond donors (Lipinski definition) is 2. The van der Waals surface area contributed by atoms with E-state index in [1.165, 1.54) is 29.5 Å². The molecular weight excluding hydrogens is 376 g/mol. The molecule has 0 fully saturated rings. The normalized spacial score (nSPS) is 10.6. The van der Waals surface area contributed by atoms with Gasteiger partial charge in [0.2, 0.25) is 5.91 Å². The van der Waals surface area contributed by atoms with Crippen LogP contribution in [-0.4, -0.2) is 26.6 Å². The minimum Gasteiger partial charge on any atom is -0.337 e. The topological polar surface area (TPSA) is 101 Å². The first-order valence-electron chi connectivity index (χ1n) is 8.69. The van der Waals surface area contributed by atoms with Gasteiger partial charge >= 0.3 is 0 Å². The number of hydrogen-bond acceptors (Lipinski definition) is 5. The quantitative estimate of drug-likeness (QED) is 0.353. The van der Waals surface area contributed by atoms with Crippen molar-refractivity contribution >= 4 is 29.0 Å². The van der Waals surface area contributed by atoms with Crippen LogP contribution in [0.25, 0.3) is 0 Å². The largest absolute Gasteiger partial charge is 0.337 e. The Bertz CT molecular complexity index is 1000. The summed E-state index contributed by atoms with van der Waals surface area (Å²) >= 11 is 1.32. The Labute approximate surface area is 166 Å². The molecule has 28 heavy (non-hydrogen) atoms. The van der Waals surface area contributed by atoms with E-state index in [0.29, 0.717) is 16.4 Å². The molecule has 0 aliphatic rings. The predicted molar refractivity (Wildman–Crippen MR) is 110 cm³/mol. The molecule has 7 nitrogen and oxygen atoms in total. The first-order chi connectivity index (χ1) is 13.4. The summed E-state index contributed by atoms with van der Waals surface area (Å²) in [5, 5.41) is 14.3. The Morgan fingerprint density at radius 3 is 2.64 bits per heavy atom. The Hall–Kier alpha value is -3.13. The van der Waals surface area contributed by atoms with Crippen molar-refractivity contribution in [3.05, 3.63) is 81.2 Å². The van der Waals surface area contributed by atoms with Crippen molar-refractivity contribution < 1.29 is 9.72 Å². The van der Waals surface area contributed by atoms with Crippen molar-refractivity contribution in [2.24, 2.45) is 0 Å². The van der Waals surface area contributed by atoms with E-state index in [1.807, 2.05) is 25.1 Å². The molecule has 3 rings (SSSR count). The molecule has 8 heteroatoms. The van der Waals surface area contributed by atoms with Crippen LogP contribution in [0.4, 0.5) is 11.4 Å². The molecule has 2 aromatic carbocycles. The summed E-state index contributed by atoms with van der Waals surface area (Å²) in [6.07, 6.45) is 0.734. The zero-order valence-corrected chi connectivity index (χ0v) is 16.4. The Balaban J connectivity index is 1.58. The Kier molecular flexibility index (Phi) is 6.10. The summed E-state index contributed by atoms with van der Waals surface area (Å²) in [5.41, 5.74) is 4.34. The van der Waals surface area contributed by atoms with Crippen molar-refractivity contribution in [3.63, 3.8) is 0 Å². The fraction of sp³-hybridized carbons (Fsp3) is 0.200. The smallest absolute Gasteiger partial charge is 0.269 e. The van der Waals surface area contributed by atoms with Crippen LogP contribution >= 0.6 is 11.8 Å². The van der Waals surface area contributed by atoms with E-state index in [2.05, 4.69) is 27.4 Å². The first kappa shape index (κ1) is 19.6. The lowest BCUT2D eigenvalue weighted by Crippen LogP contribution is -2.15. The molecule has 1 amide bonds. The Morgan fingerprint density at radius 2 is 1.96 bits per heavy atom. The van der Waals surface area contributed by atoms with Gasteiger partial charge in [-0.3, -0.25) is 14.9 Å². The van der Waals surface area contributed by atoms with E-state index in [9.17, 15) is 14.9 Å². The van der Waals surface area contributed by atoms with Gasteiger partial charge in [-0.25, -0.2) is 4.98 Å². The number of H-pyrrole nitrogens is 1. The SMILES string of the molecule is Cc1cc([N+](=O)[O-])ccc1NC(=O)CSc1nc(Cc2ccccc2)c(C)[nH]1. The Morgan fingerprint density at radius 1 is 1.21 bits per heavy atom. The van der Waals surface area contributed by atoms with E-state index < -0.39 is 4.92 Å². The lowest BCUT2D eigenvalue weighted by Gasteiger charge is -2.07. The van der Waals surface area contributed by atoms with E-state index in [0.717, 1.165) is 17.8 Å². The van der Waals surface area contributed by atoms with Gasteiger partial charge in [-0.05, 0) is 31.0 Å². The molecule has 0 aliphatic heterocycles. The maximum absolute atomic E-state index is 12.2.